The van der Waals surface area contributed by atoms with Gasteiger partial charge in [0.05, 0.1) is 0 Å². The summed E-state index contributed by atoms with van der Waals surface area (Å²) in [5.41, 5.74) is 0. The quantitative estimate of drug-likeness (QED) is 0.0263. The minimum absolute atomic E-state index is 0.0772. The van der Waals surface area contributed by atoms with Crippen molar-refractivity contribution < 1.29 is 28.6 Å². The van der Waals surface area contributed by atoms with Crippen LogP contribution in [0.2, 0.25) is 0 Å². The van der Waals surface area contributed by atoms with Crippen LogP contribution in [0.25, 0.3) is 0 Å². The average molecular weight is 843 g/mol. The van der Waals surface area contributed by atoms with E-state index in [1.54, 1.807) is 0 Å². The molecule has 0 radical (unpaired) electrons. The fourth-order valence-electron chi connectivity index (χ4n) is 7.41. The van der Waals surface area contributed by atoms with E-state index in [0.29, 0.717) is 19.3 Å². The predicted molar refractivity (Wildman–Crippen MR) is 256 cm³/mol. The molecule has 0 aromatic rings. The van der Waals surface area contributed by atoms with E-state index < -0.39 is 6.10 Å². The highest BCUT2D eigenvalue weighted by atomic mass is 16.6. The topological polar surface area (TPSA) is 78.9 Å². The monoisotopic (exact) mass is 843 g/mol. The van der Waals surface area contributed by atoms with Gasteiger partial charge in [-0.2, -0.15) is 0 Å². The summed E-state index contributed by atoms with van der Waals surface area (Å²) >= 11 is 0. The van der Waals surface area contributed by atoms with Crippen molar-refractivity contribution >= 4 is 17.9 Å². The number of allylic oxidation sites excluding steroid dienone is 6. The first-order chi connectivity index (χ1) is 29.5. The Hall–Kier alpha value is -2.37. The summed E-state index contributed by atoms with van der Waals surface area (Å²) in [6, 6.07) is 0. The molecule has 0 N–H and O–H groups in total. The van der Waals surface area contributed by atoms with Gasteiger partial charge in [-0.05, 0) is 77.0 Å². The number of esters is 3. The summed E-state index contributed by atoms with van der Waals surface area (Å²) in [6.07, 6.45) is 56.9. The van der Waals surface area contributed by atoms with Crippen LogP contribution in [0.5, 0.6) is 0 Å². The van der Waals surface area contributed by atoms with Crippen LogP contribution in [-0.4, -0.2) is 37.2 Å². The van der Waals surface area contributed by atoms with E-state index in [9.17, 15) is 14.4 Å². The maximum atomic E-state index is 12.8. The van der Waals surface area contributed by atoms with Gasteiger partial charge in [0.15, 0.2) is 6.10 Å². The Morgan fingerprint density at radius 3 is 0.950 bits per heavy atom. The molecule has 0 aromatic carbocycles. The predicted octanol–water partition coefficient (Wildman–Crippen LogP) is 16.9. The molecule has 0 rings (SSSR count). The van der Waals surface area contributed by atoms with Gasteiger partial charge in [-0.3, -0.25) is 14.4 Å². The SMILES string of the molecule is CCCCCC/C=C\C/C=C\CCCCCCCC(=O)OCC(COC(=O)CCCCCCCCCCCCCC)OC(=O)CCCCCCC/C=C\CCCCCCC. The van der Waals surface area contributed by atoms with Crippen molar-refractivity contribution in [3.63, 3.8) is 0 Å². The highest BCUT2D eigenvalue weighted by Gasteiger charge is 2.19. The lowest BCUT2D eigenvalue weighted by atomic mass is 10.0. The number of unbranched alkanes of at least 4 members (excludes halogenated alkanes) is 30. The molecule has 0 saturated heterocycles. The van der Waals surface area contributed by atoms with Crippen LogP contribution in [0.3, 0.4) is 0 Å². The largest absolute Gasteiger partial charge is 0.462 e. The van der Waals surface area contributed by atoms with Crippen molar-refractivity contribution in [2.75, 3.05) is 13.2 Å². The molecule has 1 unspecified atom stereocenters. The highest BCUT2D eigenvalue weighted by Crippen LogP contribution is 2.15. The highest BCUT2D eigenvalue weighted by molar-refractivity contribution is 5.71. The van der Waals surface area contributed by atoms with Crippen molar-refractivity contribution in [2.24, 2.45) is 0 Å². The molecule has 0 aliphatic carbocycles. The number of carbonyl (C=O) groups is 3. The molecule has 0 bridgehead atoms. The number of hydrogen-bond acceptors (Lipinski definition) is 6. The molecule has 0 spiro atoms. The smallest absolute Gasteiger partial charge is 0.306 e. The third-order valence-corrected chi connectivity index (χ3v) is 11.4. The van der Waals surface area contributed by atoms with Gasteiger partial charge >= 0.3 is 17.9 Å². The maximum Gasteiger partial charge on any atom is 0.306 e. The summed E-state index contributed by atoms with van der Waals surface area (Å²) in [4.78, 5) is 37.9. The molecule has 350 valence electrons. The summed E-state index contributed by atoms with van der Waals surface area (Å²) in [7, 11) is 0. The Labute approximate surface area is 372 Å². The van der Waals surface area contributed by atoms with Crippen molar-refractivity contribution in [3.8, 4) is 0 Å². The van der Waals surface area contributed by atoms with Crippen molar-refractivity contribution in [1.82, 2.24) is 0 Å². The van der Waals surface area contributed by atoms with E-state index in [2.05, 4.69) is 57.2 Å². The fraction of sp³-hybridized carbons (Fsp3) is 0.833. The Morgan fingerprint density at radius 2 is 0.600 bits per heavy atom. The van der Waals surface area contributed by atoms with E-state index in [1.165, 1.54) is 148 Å². The second-order valence-electron chi connectivity index (χ2n) is 17.4. The molecule has 0 aliphatic rings. The normalized spacial score (nSPS) is 12.2. The Balaban J connectivity index is 4.38. The molecular formula is C54H98O6. The summed E-state index contributed by atoms with van der Waals surface area (Å²) in [6.45, 7) is 6.61. The van der Waals surface area contributed by atoms with Gasteiger partial charge in [0.1, 0.15) is 13.2 Å². The third-order valence-electron chi connectivity index (χ3n) is 11.4. The Morgan fingerprint density at radius 1 is 0.333 bits per heavy atom. The van der Waals surface area contributed by atoms with Gasteiger partial charge in [0, 0.05) is 19.3 Å². The first kappa shape index (κ1) is 57.6. The molecule has 0 aromatic heterocycles. The van der Waals surface area contributed by atoms with Gasteiger partial charge in [-0.15, -0.1) is 0 Å². The number of ether oxygens (including phenoxy) is 3. The Kier molecular flexibility index (Phi) is 47.3. The molecule has 0 heterocycles. The minimum atomic E-state index is -0.778. The molecule has 1 atom stereocenters. The van der Waals surface area contributed by atoms with E-state index in [-0.39, 0.29) is 31.1 Å². The minimum Gasteiger partial charge on any atom is -0.462 e. The lowest BCUT2D eigenvalue weighted by Crippen LogP contribution is -2.30. The molecule has 0 fully saturated rings. The molecule has 0 aliphatic heterocycles. The fourth-order valence-corrected chi connectivity index (χ4v) is 7.41. The zero-order valence-electron chi connectivity index (χ0n) is 40.0. The first-order valence-electron chi connectivity index (χ1n) is 26.0. The van der Waals surface area contributed by atoms with Crippen LogP contribution in [0.4, 0.5) is 0 Å². The summed E-state index contributed by atoms with van der Waals surface area (Å²) in [5, 5.41) is 0. The van der Waals surface area contributed by atoms with Crippen molar-refractivity contribution in [2.45, 2.75) is 277 Å². The second kappa shape index (κ2) is 49.3. The average Bonchev–Trinajstić information content (AvgIpc) is 3.24. The van der Waals surface area contributed by atoms with Crippen LogP contribution in [-0.2, 0) is 28.6 Å². The van der Waals surface area contributed by atoms with Crippen molar-refractivity contribution in [1.29, 1.82) is 0 Å². The van der Waals surface area contributed by atoms with E-state index in [4.69, 9.17) is 14.2 Å². The molecule has 60 heavy (non-hydrogen) atoms. The number of rotatable bonds is 47. The number of hydrogen-bond donors (Lipinski definition) is 0. The zero-order chi connectivity index (χ0) is 43.7. The second-order valence-corrected chi connectivity index (χ2v) is 17.4. The van der Waals surface area contributed by atoms with Crippen LogP contribution in [0.1, 0.15) is 271 Å². The van der Waals surface area contributed by atoms with Gasteiger partial charge in [0.25, 0.3) is 0 Å². The lowest BCUT2D eigenvalue weighted by molar-refractivity contribution is -0.167. The molecule has 0 amide bonds. The van der Waals surface area contributed by atoms with Crippen molar-refractivity contribution in [3.05, 3.63) is 36.5 Å². The van der Waals surface area contributed by atoms with Gasteiger partial charge in [-0.1, -0.05) is 211 Å². The maximum absolute atomic E-state index is 12.8. The van der Waals surface area contributed by atoms with Crippen LogP contribution in [0, 0.1) is 0 Å². The van der Waals surface area contributed by atoms with Gasteiger partial charge in [-0.25, -0.2) is 0 Å². The molecule has 6 heteroatoms. The van der Waals surface area contributed by atoms with E-state index in [1.807, 2.05) is 0 Å². The van der Waals surface area contributed by atoms with Crippen LogP contribution >= 0.6 is 0 Å². The summed E-state index contributed by atoms with van der Waals surface area (Å²) < 4.78 is 16.8. The Bertz CT molecular complexity index is 1020. The number of carbonyl (C=O) groups excluding carboxylic acids is 3. The van der Waals surface area contributed by atoms with Gasteiger partial charge < -0.3 is 14.2 Å². The lowest BCUT2D eigenvalue weighted by Gasteiger charge is -2.18. The third kappa shape index (κ3) is 46.7. The van der Waals surface area contributed by atoms with Gasteiger partial charge in [0.2, 0.25) is 0 Å². The summed E-state index contributed by atoms with van der Waals surface area (Å²) in [5.74, 6) is -0.891. The van der Waals surface area contributed by atoms with E-state index in [0.717, 1.165) is 83.5 Å². The molecule has 0 saturated carbocycles. The van der Waals surface area contributed by atoms with E-state index >= 15 is 0 Å². The van der Waals surface area contributed by atoms with Crippen LogP contribution < -0.4 is 0 Å². The molecular weight excluding hydrogens is 745 g/mol. The standard InChI is InChI=1S/C54H98O6/c1-4-7-10-13-16-19-22-25-27-28-30-32-35-38-41-44-47-53(56)59-50-51(49-58-52(55)46-43-40-37-34-31-24-21-18-15-12-9-6-3)60-54(57)48-45-42-39-36-33-29-26-23-20-17-14-11-8-5-2/h19,22-23,26-28,51H,4-18,20-21,24-25,29-50H2,1-3H3/b22-19-,26-23-,28-27-. The molecule has 6 nitrogen and oxygen atoms in total. The first-order valence-corrected chi connectivity index (χ1v) is 26.0. The van der Waals surface area contributed by atoms with Crippen LogP contribution in [0.15, 0.2) is 36.5 Å². The zero-order valence-corrected chi connectivity index (χ0v) is 40.0.